The molecule has 0 unspecified atom stereocenters. The topological polar surface area (TPSA) is 40.5 Å². The summed E-state index contributed by atoms with van der Waals surface area (Å²) in [7, 11) is 0. The highest BCUT2D eigenvalue weighted by atomic mass is 16.5. The average Bonchev–Trinajstić information content (AvgIpc) is 2.96. The van der Waals surface area contributed by atoms with E-state index in [4.69, 9.17) is 9.47 Å². The van der Waals surface area contributed by atoms with Crippen LogP contribution in [0.25, 0.3) is 10.9 Å². The predicted octanol–water partition coefficient (Wildman–Crippen LogP) is 3.78. The summed E-state index contributed by atoms with van der Waals surface area (Å²) in [6.07, 6.45) is 2.00. The maximum absolute atomic E-state index is 10.9. The van der Waals surface area contributed by atoms with Crippen molar-refractivity contribution in [2.75, 3.05) is 6.61 Å². The zero-order valence-corrected chi connectivity index (χ0v) is 13.1. The number of aromatic nitrogens is 1. The largest absolute Gasteiger partial charge is 0.489 e. The lowest BCUT2D eigenvalue weighted by molar-refractivity contribution is -0.141. The molecule has 0 amide bonds. The van der Waals surface area contributed by atoms with Crippen LogP contribution in [-0.4, -0.2) is 17.1 Å². The highest BCUT2D eigenvalue weighted by molar-refractivity contribution is 5.81. The van der Waals surface area contributed by atoms with Gasteiger partial charge in [-0.25, -0.2) is 0 Å². The number of fused-ring (bicyclic) bond motifs is 1. The second-order valence-corrected chi connectivity index (χ2v) is 5.34. The number of carbonyl (C=O) groups excluding carboxylic acids is 1. The molecule has 0 spiro atoms. The summed E-state index contributed by atoms with van der Waals surface area (Å²) in [6.45, 7) is 2.96. The molecule has 2 aromatic carbocycles. The van der Waals surface area contributed by atoms with Gasteiger partial charge in [0.05, 0.1) is 12.1 Å². The number of rotatable bonds is 6. The molecule has 3 rings (SSSR count). The predicted molar refractivity (Wildman–Crippen MR) is 89.3 cm³/mol. The van der Waals surface area contributed by atoms with Crippen LogP contribution in [0, 0.1) is 0 Å². The Hall–Kier alpha value is -2.75. The standard InChI is InChI=1S/C19H19NO3/c1-15(21)22-12-11-20-10-9-17-7-8-18(13-19(17)20)23-14-16-5-3-2-4-6-16/h2-10,13H,11-12,14H2,1H3. The molecule has 4 nitrogen and oxygen atoms in total. The van der Waals surface area contributed by atoms with E-state index in [9.17, 15) is 4.79 Å². The first-order valence-corrected chi connectivity index (χ1v) is 7.61. The lowest BCUT2D eigenvalue weighted by Crippen LogP contribution is -2.07. The molecule has 0 saturated carbocycles. The van der Waals surface area contributed by atoms with E-state index in [1.165, 1.54) is 6.92 Å². The molecule has 0 aliphatic heterocycles. The van der Waals surface area contributed by atoms with Crippen LogP contribution in [-0.2, 0) is 22.7 Å². The fourth-order valence-electron chi connectivity index (χ4n) is 2.48. The van der Waals surface area contributed by atoms with E-state index < -0.39 is 0 Å². The number of benzene rings is 2. The van der Waals surface area contributed by atoms with Gasteiger partial charge in [-0.2, -0.15) is 0 Å². The lowest BCUT2D eigenvalue weighted by Gasteiger charge is -2.09. The zero-order valence-electron chi connectivity index (χ0n) is 13.1. The molecule has 4 heteroatoms. The number of ether oxygens (including phenoxy) is 2. The van der Waals surface area contributed by atoms with E-state index in [1.54, 1.807) is 0 Å². The van der Waals surface area contributed by atoms with E-state index in [1.807, 2.05) is 60.8 Å². The summed E-state index contributed by atoms with van der Waals surface area (Å²) in [4.78, 5) is 10.9. The molecule has 0 saturated heterocycles. The van der Waals surface area contributed by atoms with Crippen molar-refractivity contribution in [2.24, 2.45) is 0 Å². The van der Waals surface area contributed by atoms with Crippen LogP contribution in [0.15, 0.2) is 60.8 Å². The first-order valence-electron chi connectivity index (χ1n) is 7.61. The Morgan fingerprint density at radius 2 is 1.91 bits per heavy atom. The smallest absolute Gasteiger partial charge is 0.302 e. The maximum Gasteiger partial charge on any atom is 0.302 e. The van der Waals surface area contributed by atoms with Crippen LogP contribution in [0.3, 0.4) is 0 Å². The summed E-state index contributed by atoms with van der Waals surface area (Å²) in [5, 5.41) is 1.14. The summed E-state index contributed by atoms with van der Waals surface area (Å²) in [5.74, 6) is 0.571. The van der Waals surface area contributed by atoms with Gasteiger partial charge in [-0.3, -0.25) is 4.79 Å². The van der Waals surface area contributed by atoms with Crippen LogP contribution >= 0.6 is 0 Å². The van der Waals surface area contributed by atoms with Crippen molar-refractivity contribution in [3.8, 4) is 5.75 Å². The van der Waals surface area contributed by atoms with E-state index in [2.05, 4.69) is 4.57 Å². The second kappa shape index (κ2) is 7.01. The molecule has 0 atom stereocenters. The number of nitrogens with zero attached hydrogens (tertiary/aromatic N) is 1. The SMILES string of the molecule is CC(=O)OCCn1ccc2ccc(OCc3ccccc3)cc21. The van der Waals surface area contributed by atoms with E-state index in [0.717, 1.165) is 22.2 Å². The van der Waals surface area contributed by atoms with Crippen molar-refractivity contribution < 1.29 is 14.3 Å². The van der Waals surface area contributed by atoms with Gasteiger partial charge in [-0.05, 0) is 29.1 Å². The third-order valence-corrected chi connectivity index (χ3v) is 3.63. The van der Waals surface area contributed by atoms with Crippen molar-refractivity contribution in [1.82, 2.24) is 4.57 Å². The number of hydrogen-bond acceptors (Lipinski definition) is 3. The number of hydrogen-bond donors (Lipinski definition) is 0. The molecule has 0 aliphatic rings. The number of carbonyl (C=O) groups is 1. The van der Waals surface area contributed by atoms with E-state index >= 15 is 0 Å². The second-order valence-electron chi connectivity index (χ2n) is 5.34. The van der Waals surface area contributed by atoms with Gasteiger partial charge in [0.25, 0.3) is 0 Å². The molecular weight excluding hydrogens is 290 g/mol. The van der Waals surface area contributed by atoms with E-state index in [0.29, 0.717) is 19.8 Å². The molecule has 118 valence electrons. The summed E-state index contributed by atoms with van der Waals surface area (Å²) < 4.78 is 12.9. The minimum Gasteiger partial charge on any atom is -0.489 e. The Bertz CT molecular complexity index is 793. The van der Waals surface area contributed by atoms with Crippen molar-refractivity contribution >= 4 is 16.9 Å². The third-order valence-electron chi connectivity index (χ3n) is 3.63. The van der Waals surface area contributed by atoms with Gasteiger partial charge in [0, 0.05) is 19.2 Å². The first-order chi connectivity index (χ1) is 11.2. The summed E-state index contributed by atoms with van der Waals surface area (Å²) >= 11 is 0. The van der Waals surface area contributed by atoms with Crippen molar-refractivity contribution in [3.05, 3.63) is 66.4 Å². The minimum atomic E-state index is -0.256. The molecular formula is C19H19NO3. The summed E-state index contributed by atoms with van der Waals surface area (Å²) in [5.41, 5.74) is 2.21. The van der Waals surface area contributed by atoms with Gasteiger partial charge in [0.1, 0.15) is 19.0 Å². The van der Waals surface area contributed by atoms with Crippen LogP contribution < -0.4 is 4.74 Å². The van der Waals surface area contributed by atoms with Crippen LogP contribution in [0.1, 0.15) is 12.5 Å². The Balaban J connectivity index is 1.71. The Morgan fingerprint density at radius 3 is 2.70 bits per heavy atom. The monoisotopic (exact) mass is 309 g/mol. The Labute approximate surface area is 135 Å². The average molecular weight is 309 g/mol. The molecule has 0 radical (unpaired) electrons. The van der Waals surface area contributed by atoms with Gasteiger partial charge in [-0.15, -0.1) is 0 Å². The fraction of sp³-hybridized carbons (Fsp3) is 0.211. The highest BCUT2D eigenvalue weighted by Gasteiger charge is 2.04. The quantitative estimate of drug-likeness (QED) is 0.651. The molecule has 0 aliphatic carbocycles. The Morgan fingerprint density at radius 1 is 1.09 bits per heavy atom. The molecule has 23 heavy (non-hydrogen) atoms. The Kier molecular flexibility index (Phi) is 4.62. The molecule has 0 bridgehead atoms. The minimum absolute atomic E-state index is 0.256. The van der Waals surface area contributed by atoms with Gasteiger partial charge in [0.15, 0.2) is 0 Å². The van der Waals surface area contributed by atoms with Crippen LogP contribution in [0.2, 0.25) is 0 Å². The van der Waals surface area contributed by atoms with Crippen LogP contribution in [0.4, 0.5) is 0 Å². The fourth-order valence-corrected chi connectivity index (χ4v) is 2.48. The van der Waals surface area contributed by atoms with E-state index in [-0.39, 0.29) is 5.97 Å². The van der Waals surface area contributed by atoms with Gasteiger partial charge in [0.2, 0.25) is 0 Å². The maximum atomic E-state index is 10.9. The molecule has 3 aromatic rings. The third kappa shape index (κ3) is 3.92. The molecule has 1 heterocycles. The lowest BCUT2D eigenvalue weighted by atomic mass is 10.2. The summed E-state index contributed by atoms with van der Waals surface area (Å²) in [6, 6.07) is 18.2. The molecule has 0 fully saturated rings. The van der Waals surface area contributed by atoms with Gasteiger partial charge < -0.3 is 14.0 Å². The van der Waals surface area contributed by atoms with Crippen molar-refractivity contribution in [3.63, 3.8) is 0 Å². The normalized spacial score (nSPS) is 10.7. The molecule has 0 N–H and O–H groups in total. The molecule has 1 aromatic heterocycles. The van der Waals surface area contributed by atoms with Crippen molar-refractivity contribution in [2.45, 2.75) is 20.1 Å². The first kappa shape index (κ1) is 15.2. The van der Waals surface area contributed by atoms with Crippen LogP contribution in [0.5, 0.6) is 5.75 Å². The van der Waals surface area contributed by atoms with Crippen molar-refractivity contribution in [1.29, 1.82) is 0 Å². The van der Waals surface area contributed by atoms with Gasteiger partial charge in [-0.1, -0.05) is 30.3 Å². The van der Waals surface area contributed by atoms with Gasteiger partial charge >= 0.3 is 5.97 Å². The zero-order chi connectivity index (χ0) is 16.1. The number of esters is 1. The highest BCUT2D eigenvalue weighted by Crippen LogP contribution is 2.23.